The summed E-state index contributed by atoms with van der Waals surface area (Å²) in [6, 6.07) is 3.60. The zero-order chi connectivity index (χ0) is 18.5. The first-order chi connectivity index (χ1) is 12.6. The van der Waals surface area contributed by atoms with Crippen LogP contribution in [-0.4, -0.2) is 49.4 Å². The molecule has 0 bridgehead atoms. The summed E-state index contributed by atoms with van der Waals surface area (Å²) in [5.41, 5.74) is 0.643. The quantitative estimate of drug-likeness (QED) is 0.713. The Morgan fingerprint density at radius 2 is 2.22 bits per heavy atom. The zero-order valence-corrected chi connectivity index (χ0v) is 16.7. The summed E-state index contributed by atoms with van der Waals surface area (Å²) in [6.07, 6.45) is 1.63. The van der Waals surface area contributed by atoms with E-state index in [0.717, 1.165) is 19.5 Å². The maximum atomic E-state index is 12.0. The zero-order valence-electron chi connectivity index (χ0n) is 15.1. The number of aryl methyl sites for hydroxylation is 1. The van der Waals surface area contributed by atoms with Crippen molar-refractivity contribution in [2.45, 2.75) is 25.3 Å². The van der Waals surface area contributed by atoms with Crippen LogP contribution in [0.25, 0.3) is 11.4 Å². The van der Waals surface area contributed by atoms with Crippen molar-refractivity contribution in [3.8, 4) is 22.9 Å². The minimum absolute atomic E-state index is 0. The van der Waals surface area contributed by atoms with Crippen LogP contribution in [0.4, 0.5) is 0 Å². The van der Waals surface area contributed by atoms with Gasteiger partial charge in [-0.15, -0.1) is 12.4 Å². The number of hydrogen-bond donors (Lipinski definition) is 2. The Hall–Kier alpha value is -2.03. The van der Waals surface area contributed by atoms with Gasteiger partial charge >= 0.3 is 0 Å². The predicted molar refractivity (Wildman–Crippen MR) is 103 cm³/mol. The fourth-order valence-corrected chi connectivity index (χ4v) is 3.11. The fraction of sp³-hybridized carbons (Fsp3) is 0.471. The summed E-state index contributed by atoms with van der Waals surface area (Å²) in [7, 11) is 3.04. The second-order valence-electron chi connectivity index (χ2n) is 5.96. The molecule has 0 aliphatic carbocycles. The summed E-state index contributed by atoms with van der Waals surface area (Å²) >= 11 is 6.20. The van der Waals surface area contributed by atoms with Gasteiger partial charge in [-0.1, -0.05) is 16.8 Å². The lowest BCUT2D eigenvalue weighted by atomic mass is 10.2. The van der Waals surface area contributed by atoms with Crippen molar-refractivity contribution in [1.82, 2.24) is 20.8 Å². The molecule has 1 aliphatic heterocycles. The highest BCUT2D eigenvalue weighted by molar-refractivity contribution is 6.32. The van der Waals surface area contributed by atoms with Crippen LogP contribution in [0.1, 0.15) is 18.7 Å². The highest BCUT2D eigenvalue weighted by Gasteiger charge is 2.18. The molecular formula is C17H22Cl2N4O4. The molecule has 1 aromatic heterocycles. The van der Waals surface area contributed by atoms with Gasteiger partial charge in [0.05, 0.1) is 19.2 Å². The molecule has 3 rings (SSSR count). The average Bonchev–Trinajstić information content (AvgIpc) is 3.31. The van der Waals surface area contributed by atoms with Crippen molar-refractivity contribution in [2.24, 2.45) is 0 Å². The third kappa shape index (κ3) is 5.24. The van der Waals surface area contributed by atoms with E-state index in [0.29, 0.717) is 46.6 Å². The molecule has 1 atom stereocenters. The largest absolute Gasteiger partial charge is 0.493 e. The van der Waals surface area contributed by atoms with Crippen molar-refractivity contribution in [1.29, 1.82) is 0 Å². The molecule has 0 saturated carbocycles. The van der Waals surface area contributed by atoms with Crippen LogP contribution in [0.3, 0.4) is 0 Å². The van der Waals surface area contributed by atoms with Crippen LogP contribution in [0, 0.1) is 0 Å². The van der Waals surface area contributed by atoms with Gasteiger partial charge in [0.25, 0.3) is 0 Å². The Labute approximate surface area is 168 Å². The van der Waals surface area contributed by atoms with Gasteiger partial charge in [-0.2, -0.15) is 4.98 Å². The Balaban J connectivity index is 0.00000261. The maximum absolute atomic E-state index is 12.0. The number of nitrogens with zero attached hydrogens (tertiary/aromatic N) is 2. The lowest BCUT2D eigenvalue weighted by Crippen LogP contribution is -2.36. The summed E-state index contributed by atoms with van der Waals surface area (Å²) in [6.45, 7) is 1.75. The molecule has 27 heavy (non-hydrogen) atoms. The number of ether oxygens (including phenoxy) is 2. The van der Waals surface area contributed by atoms with Gasteiger partial charge in [0, 0.05) is 31.0 Å². The summed E-state index contributed by atoms with van der Waals surface area (Å²) in [4.78, 5) is 16.3. The maximum Gasteiger partial charge on any atom is 0.227 e. The van der Waals surface area contributed by atoms with E-state index in [4.69, 9.17) is 25.6 Å². The topological polar surface area (TPSA) is 98.5 Å². The number of aromatic nitrogens is 2. The third-order valence-corrected chi connectivity index (χ3v) is 4.43. The number of halogens is 2. The van der Waals surface area contributed by atoms with E-state index in [-0.39, 0.29) is 24.4 Å². The van der Waals surface area contributed by atoms with Crippen molar-refractivity contribution >= 4 is 29.9 Å². The van der Waals surface area contributed by atoms with E-state index in [1.54, 1.807) is 12.1 Å². The normalized spacial score (nSPS) is 15.9. The SMILES string of the molecule is COc1cc(-c2noc(CCC(=O)NC3CCNC3)n2)cc(Cl)c1OC.Cl. The first-order valence-corrected chi connectivity index (χ1v) is 8.73. The monoisotopic (exact) mass is 416 g/mol. The van der Waals surface area contributed by atoms with Crippen LogP contribution in [-0.2, 0) is 11.2 Å². The number of amides is 1. The molecule has 1 aromatic carbocycles. The van der Waals surface area contributed by atoms with E-state index in [2.05, 4.69) is 20.8 Å². The molecular weight excluding hydrogens is 395 g/mol. The Kier molecular flexibility index (Phi) is 7.70. The number of hydrogen-bond acceptors (Lipinski definition) is 7. The van der Waals surface area contributed by atoms with Crippen molar-refractivity contribution in [2.75, 3.05) is 27.3 Å². The fourth-order valence-electron chi connectivity index (χ4n) is 2.82. The van der Waals surface area contributed by atoms with Crippen LogP contribution in [0.15, 0.2) is 16.7 Å². The Morgan fingerprint density at radius 3 is 2.89 bits per heavy atom. The smallest absolute Gasteiger partial charge is 0.227 e. The van der Waals surface area contributed by atoms with E-state index in [1.807, 2.05) is 0 Å². The van der Waals surface area contributed by atoms with Crippen LogP contribution >= 0.6 is 24.0 Å². The molecule has 1 amide bonds. The number of rotatable bonds is 7. The molecule has 1 saturated heterocycles. The first-order valence-electron chi connectivity index (χ1n) is 8.35. The highest BCUT2D eigenvalue weighted by Crippen LogP contribution is 2.38. The van der Waals surface area contributed by atoms with Gasteiger partial charge in [0.2, 0.25) is 17.6 Å². The van der Waals surface area contributed by atoms with Crippen LogP contribution in [0.5, 0.6) is 11.5 Å². The second kappa shape index (κ2) is 9.77. The van der Waals surface area contributed by atoms with Gasteiger partial charge in [0.15, 0.2) is 11.5 Å². The Bertz CT molecular complexity index is 778. The standard InChI is InChI=1S/C17H21ClN4O4.ClH/c1-24-13-8-10(7-12(18)16(13)25-2)17-21-15(26-22-17)4-3-14(23)20-11-5-6-19-9-11;/h7-8,11,19H,3-6,9H2,1-2H3,(H,20,23);1H. The van der Waals surface area contributed by atoms with Gasteiger partial charge in [-0.25, -0.2) is 0 Å². The summed E-state index contributed by atoms with van der Waals surface area (Å²) in [5.74, 6) is 1.67. The molecule has 2 N–H and O–H groups in total. The molecule has 2 heterocycles. The van der Waals surface area contributed by atoms with E-state index in [9.17, 15) is 4.79 Å². The minimum Gasteiger partial charge on any atom is -0.493 e. The molecule has 0 radical (unpaired) electrons. The molecule has 0 spiro atoms. The average molecular weight is 417 g/mol. The van der Waals surface area contributed by atoms with Crippen LogP contribution in [0.2, 0.25) is 5.02 Å². The van der Waals surface area contributed by atoms with Crippen molar-refractivity contribution in [3.05, 3.63) is 23.0 Å². The molecule has 1 unspecified atom stereocenters. The number of nitrogens with one attached hydrogen (secondary N) is 2. The van der Waals surface area contributed by atoms with Crippen molar-refractivity contribution in [3.63, 3.8) is 0 Å². The Morgan fingerprint density at radius 1 is 1.41 bits per heavy atom. The number of benzene rings is 1. The summed E-state index contributed by atoms with van der Waals surface area (Å²) < 4.78 is 15.7. The van der Waals surface area contributed by atoms with Crippen LogP contribution < -0.4 is 20.1 Å². The first kappa shape index (κ1) is 21.3. The van der Waals surface area contributed by atoms with E-state index < -0.39 is 0 Å². The molecule has 1 aliphatic rings. The number of methoxy groups -OCH3 is 2. The minimum atomic E-state index is -0.0207. The summed E-state index contributed by atoms with van der Waals surface area (Å²) in [5, 5.41) is 10.5. The van der Waals surface area contributed by atoms with E-state index >= 15 is 0 Å². The van der Waals surface area contributed by atoms with Gasteiger partial charge in [-0.05, 0) is 25.1 Å². The van der Waals surface area contributed by atoms with Gasteiger partial charge in [0.1, 0.15) is 0 Å². The van der Waals surface area contributed by atoms with Crippen molar-refractivity contribution < 1.29 is 18.8 Å². The molecule has 8 nitrogen and oxygen atoms in total. The number of carbonyl (C=O) groups is 1. The highest BCUT2D eigenvalue weighted by atomic mass is 35.5. The van der Waals surface area contributed by atoms with E-state index in [1.165, 1.54) is 14.2 Å². The third-order valence-electron chi connectivity index (χ3n) is 4.15. The lowest BCUT2D eigenvalue weighted by Gasteiger charge is -2.10. The lowest BCUT2D eigenvalue weighted by molar-refractivity contribution is -0.121. The number of carbonyl (C=O) groups excluding carboxylic acids is 1. The second-order valence-corrected chi connectivity index (χ2v) is 6.37. The van der Waals surface area contributed by atoms with Gasteiger partial charge < -0.3 is 24.6 Å². The molecule has 1 fully saturated rings. The molecule has 2 aromatic rings. The predicted octanol–water partition coefficient (Wildman–Crippen LogP) is 2.24. The van der Waals surface area contributed by atoms with Gasteiger partial charge in [-0.3, -0.25) is 4.79 Å². The molecule has 10 heteroatoms. The molecule has 148 valence electrons.